The summed E-state index contributed by atoms with van der Waals surface area (Å²) in [5.74, 6) is -0.159. The number of cyclic esters (lactones) is 1. The van der Waals surface area contributed by atoms with Crippen molar-refractivity contribution in [3.63, 3.8) is 0 Å². The minimum absolute atomic E-state index is 0.132. The van der Waals surface area contributed by atoms with Crippen LogP contribution in [0.5, 0.6) is 0 Å². The Morgan fingerprint density at radius 1 is 1.58 bits per heavy atom. The van der Waals surface area contributed by atoms with E-state index in [-0.39, 0.29) is 17.8 Å². The molecule has 5 heteroatoms. The molecule has 0 aromatic carbocycles. The molecule has 1 amide bonds. The van der Waals surface area contributed by atoms with Crippen molar-refractivity contribution < 1.29 is 14.3 Å². The van der Waals surface area contributed by atoms with E-state index in [0.717, 1.165) is 0 Å². The van der Waals surface area contributed by atoms with Gasteiger partial charge in [0.25, 0.3) is 0 Å². The van der Waals surface area contributed by atoms with Crippen molar-refractivity contribution in [2.75, 3.05) is 19.7 Å². The third kappa shape index (κ3) is 1.06. The van der Waals surface area contributed by atoms with Crippen molar-refractivity contribution in [2.45, 2.75) is 0 Å². The second-order valence-corrected chi connectivity index (χ2v) is 3.48. The standard InChI is InChI=1S/C7H8ClNO3/c8-7(11)9-1-4-3-12-6(10)5(4)2-9/h4-5H,1-3H2/t4-,5-/m0/s1. The van der Waals surface area contributed by atoms with Crippen LogP contribution >= 0.6 is 11.6 Å². The third-order valence-corrected chi connectivity index (χ3v) is 2.67. The molecule has 2 rings (SSSR count). The van der Waals surface area contributed by atoms with Crippen molar-refractivity contribution in [3.8, 4) is 0 Å². The number of hydrogen-bond donors (Lipinski definition) is 0. The summed E-state index contributed by atoms with van der Waals surface area (Å²) < 4.78 is 4.83. The number of fused-ring (bicyclic) bond motifs is 1. The molecule has 12 heavy (non-hydrogen) atoms. The SMILES string of the molecule is O=C1OC[C@@H]2CN(C(=O)Cl)C[C@H]12. The molecular weight excluding hydrogens is 182 g/mol. The zero-order chi connectivity index (χ0) is 8.72. The molecule has 66 valence electrons. The second-order valence-electron chi connectivity index (χ2n) is 3.15. The highest BCUT2D eigenvalue weighted by molar-refractivity contribution is 6.62. The zero-order valence-corrected chi connectivity index (χ0v) is 7.08. The fourth-order valence-corrected chi connectivity index (χ4v) is 1.88. The van der Waals surface area contributed by atoms with Crippen LogP contribution in [-0.4, -0.2) is 35.9 Å². The normalized spacial score (nSPS) is 33.4. The predicted molar refractivity (Wildman–Crippen MR) is 40.8 cm³/mol. The number of carbonyl (C=O) groups excluding carboxylic acids is 2. The summed E-state index contributed by atoms with van der Waals surface area (Å²) in [5.41, 5.74) is 0. The van der Waals surface area contributed by atoms with Crippen LogP contribution in [0, 0.1) is 11.8 Å². The molecule has 0 aromatic rings. The molecule has 4 nitrogen and oxygen atoms in total. The lowest BCUT2D eigenvalue weighted by Crippen LogP contribution is -2.26. The molecule has 2 aliphatic heterocycles. The number of amides is 1. The Labute approximate surface area is 74.4 Å². The molecule has 2 fully saturated rings. The molecule has 0 spiro atoms. The smallest absolute Gasteiger partial charge is 0.316 e. The van der Waals surface area contributed by atoms with Crippen LogP contribution in [0.1, 0.15) is 0 Å². The molecular formula is C7H8ClNO3. The average molecular weight is 190 g/mol. The topological polar surface area (TPSA) is 46.6 Å². The number of ether oxygens (including phenoxy) is 1. The lowest BCUT2D eigenvalue weighted by molar-refractivity contribution is -0.141. The van der Waals surface area contributed by atoms with Crippen molar-refractivity contribution in [3.05, 3.63) is 0 Å². The first-order valence-corrected chi connectivity index (χ1v) is 4.17. The number of likely N-dealkylation sites (tertiary alicyclic amines) is 1. The third-order valence-electron chi connectivity index (χ3n) is 2.43. The molecule has 2 heterocycles. The number of halogens is 1. The maximum Gasteiger partial charge on any atom is 0.316 e. The molecule has 0 aliphatic carbocycles. The van der Waals surface area contributed by atoms with Gasteiger partial charge in [0.2, 0.25) is 0 Å². The lowest BCUT2D eigenvalue weighted by atomic mass is 10.0. The number of nitrogens with zero attached hydrogens (tertiary/aromatic N) is 1. The van der Waals surface area contributed by atoms with E-state index in [4.69, 9.17) is 16.3 Å². The van der Waals surface area contributed by atoms with E-state index in [2.05, 4.69) is 0 Å². The Balaban J connectivity index is 2.07. The van der Waals surface area contributed by atoms with E-state index in [0.29, 0.717) is 19.7 Å². The van der Waals surface area contributed by atoms with Gasteiger partial charge in [-0.25, -0.2) is 0 Å². The predicted octanol–water partition coefficient (Wildman–Crippen LogP) is 0.450. The molecule has 0 N–H and O–H groups in total. The molecule has 0 aromatic heterocycles. The maximum absolute atomic E-state index is 11.0. The molecule has 0 saturated carbocycles. The van der Waals surface area contributed by atoms with Crippen LogP contribution in [-0.2, 0) is 9.53 Å². The van der Waals surface area contributed by atoms with Gasteiger partial charge in [-0.15, -0.1) is 0 Å². The van der Waals surface area contributed by atoms with E-state index >= 15 is 0 Å². The minimum atomic E-state index is -0.475. The maximum atomic E-state index is 11.0. The van der Waals surface area contributed by atoms with Crippen LogP contribution in [0.25, 0.3) is 0 Å². The van der Waals surface area contributed by atoms with Gasteiger partial charge in [-0.05, 0) is 11.6 Å². The monoisotopic (exact) mass is 189 g/mol. The number of hydrogen-bond acceptors (Lipinski definition) is 3. The largest absolute Gasteiger partial charge is 0.465 e. The Morgan fingerprint density at radius 2 is 2.33 bits per heavy atom. The van der Waals surface area contributed by atoms with Crippen LogP contribution in [0.2, 0.25) is 0 Å². The van der Waals surface area contributed by atoms with Gasteiger partial charge < -0.3 is 9.64 Å². The highest BCUT2D eigenvalue weighted by Gasteiger charge is 2.45. The minimum Gasteiger partial charge on any atom is -0.465 e. The fraction of sp³-hybridized carbons (Fsp3) is 0.714. The van der Waals surface area contributed by atoms with E-state index in [9.17, 15) is 9.59 Å². The highest BCUT2D eigenvalue weighted by atomic mass is 35.5. The first-order chi connectivity index (χ1) is 5.68. The van der Waals surface area contributed by atoms with Gasteiger partial charge in [0, 0.05) is 19.0 Å². The summed E-state index contributed by atoms with van der Waals surface area (Å²) in [7, 11) is 0. The van der Waals surface area contributed by atoms with E-state index in [1.54, 1.807) is 0 Å². The fourth-order valence-electron chi connectivity index (χ4n) is 1.75. The van der Waals surface area contributed by atoms with Crippen LogP contribution in [0.4, 0.5) is 4.79 Å². The van der Waals surface area contributed by atoms with E-state index in [1.165, 1.54) is 4.90 Å². The van der Waals surface area contributed by atoms with Gasteiger partial charge in [0.1, 0.15) is 0 Å². The lowest BCUT2D eigenvalue weighted by Gasteiger charge is -2.11. The van der Waals surface area contributed by atoms with Crippen molar-refractivity contribution >= 4 is 22.9 Å². The summed E-state index contributed by atoms with van der Waals surface area (Å²) in [6.45, 7) is 1.41. The van der Waals surface area contributed by atoms with E-state index in [1.807, 2.05) is 0 Å². The Hall–Kier alpha value is -0.770. The number of carbonyl (C=O) groups is 2. The summed E-state index contributed by atoms with van der Waals surface area (Å²) in [4.78, 5) is 23.2. The Kier molecular flexibility index (Phi) is 1.72. The van der Waals surface area contributed by atoms with Crippen LogP contribution in [0.15, 0.2) is 0 Å². The quantitative estimate of drug-likeness (QED) is 0.316. The summed E-state index contributed by atoms with van der Waals surface area (Å²) in [6, 6.07) is 0. The molecule has 2 saturated heterocycles. The molecule has 0 unspecified atom stereocenters. The zero-order valence-electron chi connectivity index (χ0n) is 6.33. The average Bonchev–Trinajstić information content (AvgIpc) is 2.53. The van der Waals surface area contributed by atoms with Gasteiger partial charge in [0.15, 0.2) is 0 Å². The van der Waals surface area contributed by atoms with Gasteiger partial charge in [0.05, 0.1) is 12.5 Å². The van der Waals surface area contributed by atoms with Gasteiger partial charge in [-0.2, -0.15) is 0 Å². The summed E-state index contributed by atoms with van der Waals surface area (Å²) >= 11 is 5.28. The van der Waals surface area contributed by atoms with Gasteiger partial charge in [-0.1, -0.05) is 0 Å². The number of rotatable bonds is 0. The summed E-state index contributed by atoms with van der Waals surface area (Å²) in [5, 5.41) is -0.475. The van der Waals surface area contributed by atoms with Gasteiger partial charge in [-0.3, -0.25) is 9.59 Å². The Bertz CT molecular complexity index is 243. The number of esters is 1. The second kappa shape index (κ2) is 2.62. The van der Waals surface area contributed by atoms with Crippen LogP contribution < -0.4 is 0 Å². The van der Waals surface area contributed by atoms with Gasteiger partial charge >= 0.3 is 11.3 Å². The highest BCUT2D eigenvalue weighted by Crippen LogP contribution is 2.30. The first-order valence-electron chi connectivity index (χ1n) is 3.79. The summed E-state index contributed by atoms with van der Waals surface area (Å²) in [6.07, 6.45) is 0. The van der Waals surface area contributed by atoms with Crippen LogP contribution in [0.3, 0.4) is 0 Å². The van der Waals surface area contributed by atoms with Crippen molar-refractivity contribution in [1.29, 1.82) is 0 Å². The molecule has 0 radical (unpaired) electrons. The molecule has 2 atom stereocenters. The van der Waals surface area contributed by atoms with E-state index < -0.39 is 5.37 Å². The van der Waals surface area contributed by atoms with Crippen molar-refractivity contribution in [1.82, 2.24) is 4.90 Å². The van der Waals surface area contributed by atoms with Crippen molar-refractivity contribution in [2.24, 2.45) is 11.8 Å². The molecule has 0 bridgehead atoms. The molecule has 2 aliphatic rings. The Morgan fingerprint density at radius 3 is 2.92 bits per heavy atom. The first kappa shape index (κ1) is 7.86.